The molecule has 0 amide bonds. The van der Waals surface area contributed by atoms with Gasteiger partial charge in [0.1, 0.15) is 0 Å². The summed E-state index contributed by atoms with van der Waals surface area (Å²) >= 11 is 0. The highest BCUT2D eigenvalue weighted by Crippen LogP contribution is 2.50. The maximum absolute atomic E-state index is 2.44. The van der Waals surface area contributed by atoms with Crippen molar-refractivity contribution in [3.05, 3.63) is 261 Å². The van der Waals surface area contributed by atoms with Gasteiger partial charge < -0.3 is 4.90 Å². The summed E-state index contributed by atoms with van der Waals surface area (Å²) in [7, 11) is 0. The van der Waals surface area contributed by atoms with E-state index in [0.717, 1.165) is 17.1 Å². The summed E-state index contributed by atoms with van der Waals surface area (Å²) in [5.74, 6) is 0. The van der Waals surface area contributed by atoms with Gasteiger partial charge in [-0.3, -0.25) is 0 Å². The molecule has 0 saturated heterocycles. The molecule has 0 bridgehead atoms. The first-order valence-electron chi connectivity index (χ1n) is 23.2. The van der Waals surface area contributed by atoms with Crippen molar-refractivity contribution >= 4 is 81.7 Å². The first-order valence-corrected chi connectivity index (χ1v) is 23.2. The average molecular weight is 850 g/mol. The molecule has 13 aromatic carbocycles. The zero-order valence-corrected chi connectivity index (χ0v) is 36.8. The quantitative estimate of drug-likeness (QED) is 0.144. The maximum Gasteiger partial charge on any atom is 0.0468 e. The summed E-state index contributed by atoms with van der Waals surface area (Å²) in [6.07, 6.45) is 0. The van der Waals surface area contributed by atoms with Gasteiger partial charge in [-0.2, -0.15) is 0 Å². The summed E-state index contributed by atoms with van der Waals surface area (Å²) < 4.78 is 0. The highest BCUT2D eigenvalue weighted by molar-refractivity contribution is 6.33. The molecule has 13 rings (SSSR count). The van der Waals surface area contributed by atoms with Crippen molar-refractivity contribution in [2.24, 2.45) is 0 Å². The summed E-state index contributed by atoms with van der Waals surface area (Å²) in [6, 6.07) is 96.0. The molecule has 0 aliphatic heterocycles. The third-order valence-electron chi connectivity index (χ3n) is 13.7. The van der Waals surface area contributed by atoms with Gasteiger partial charge >= 0.3 is 0 Å². The van der Waals surface area contributed by atoms with E-state index in [2.05, 4.69) is 266 Å². The van der Waals surface area contributed by atoms with E-state index in [4.69, 9.17) is 0 Å². The lowest BCUT2D eigenvalue weighted by molar-refractivity contribution is 1.30. The minimum Gasteiger partial charge on any atom is -0.310 e. The molecule has 0 saturated carbocycles. The van der Waals surface area contributed by atoms with Crippen LogP contribution in [0.25, 0.3) is 109 Å². The lowest BCUT2D eigenvalue weighted by Gasteiger charge is -2.26. The van der Waals surface area contributed by atoms with Crippen LogP contribution in [0.15, 0.2) is 261 Å². The van der Waals surface area contributed by atoms with Crippen LogP contribution in [-0.4, -0.2) is 0 Å². The standard InChI is InChI=1S/C66H43N/c1-4-18-46(19-5-1)61-43-62(47-20-6-2-7-21-47)65-59-27-15-14-26-58(59)63-42-54(33-37-60(63)66(65)64(61)48-22-8-3-9-23-48)51-28-29-53-41-57(36-32-52(53)38-51)67(55-34-30-44-16-10-12-24-49(44)39-55)56-35-31-45-17-11-13-25-50(45)40-56/h1-43H. The fourth-order valence-corrected chi connectivity index (χ4v) is 10.6. The van der Waals surface area contributed by atoms with E-state index in [1.165, 1.54) is 109 Å². The SMILES string of the molecule is c1ccc(-c2cc(-c3ccccc3)c3c4ccccc4c4cc(-c5ccc6cc(N(c7ccc8ccccc8c7)c7ccc8ccccc8c7)ccc6c5)ccc4c3c2-c2ccccc2)cc1. The Kier molecular flexibility index (Phi) is 9.25. The number of hydrogen-bond acceptors (Lipinski definition) is 1. The van der Waals surface area contributed by atoms with Gasteiger partial charge in [0.25, 0.3) is 0 Å². The molecule has 13 aromatic rings. The van der Waals surface area contributed by atoms with Crippen molar-refractivity contribution in [3.63, 3.8) is 0 Å². The Bertz CT molecular complexity index is 3940. The Morgan fingerprint density at radius 3 is 1.24 bits per heavy atom. The average Bonchev–Trinajstić information content (AvgIpc) is 3.41. The number of benzene rings is 13. The maximum atomic E-state index is 2.44. The minimum atomic E-state index is 1.12. The van der Waals surface area contributed by atoms with E-state index in [0.29, 0.717) is 0 Å². The predicted octanol–water partition coefficient (Wildman–Crippen LogP) is 18.7. The highest BCUT2D eigenvalue weighted by atomic mass is 15.1. The summed E-state index contributed by atoms with van der Waals surface area (Å²) in [5, 5.41) is 14.9. The Labute approximate surface area is 390 Å². The normalized spacial score (nSPS) is 11.6. The van der Waals surface area contributed by atoms with Crippen molar-refractivity contribution in [3.8, 4) is 44.5 Å². The Morgan fingerprint density at radius 2 is 0.627 bits per heavy atom. The molecule has 0 unspecified atom stereocenters. The van der Waals surface area contributed by atoms with Gasteiger partial charge in [-0.15, -0.1) is 0 Å². The van der Waals surface area contributed by atoms with Crippen molar-refractivity contribution in [1.29, 1.82) is 0 Å². The van der Waals surface area contributed by atoms with Crippen molar-refractivity contribution in [1.82, 2.24) is 0 Å². The third kappa shape index (κ3) is 6.71. The molecule has 1 nitrogen and oxygen atoms in total. The first kappa shape index (κ1) is 38.7. The van der Waals surface area contributed by atoms with E-state index in [1.807, 2.05) is 0 Å². The van der Waals surface area contributed by atoms with E-state index in [1.54, 1.807) is 0 Å². The highest BCUT2D eigenvalue weighted by Gasteiger charge is 2.22. The van der Waals surface area contributed by atoms with Crippen LogP contribution in [0.4, 0.5) is 17.1 Å². The van der Waals surface area contributed by atoms with Crippen LogP contribution in [-0.2, 0) is 0 Å². The molecule has 0 aliphatic rings. The van der Waals surface area contributed by atoms with E-state index < -0.39 is 0 Å². The minimum absolute atomic E-state index is 1.12. The van der Waals surface area contributed by atoms with Crippen LogP contribution in [0.2, 0.25) is 0 Å². The van der Waals surface area contributed by atoms with Crippen molar-refractivity contribution in [2.45, 2.75) is 0 Å². The molecular weight excluding hydrogens is 807 g/mol. The Balaban J connectivity index is 0.996. The summed E-state index contributed by atoms with van der Waals surface area (Å²) in [6.45, 7) is 0. The van der Waals surface area contributed by atoms with Gasteiger partial charge in [-0.05, 0) is 164 Å². The van der Waals surface area contributed by atoms with Crippen LogP contribution < -0.4 is 4.90 Å². The van der Waals surface area contributed by atoms with E-state index in [9.17, 15) is 0 Å². The second-order valence-corrected chi connectivity index (χ2v) is 17.6. The smallest absolute Gasteiger partial charge is 0.0468 e. The van der Waals surface area contributed by atoms with E-state index >= 15 is 0 Å². The van der Waals surface area contributed by atoms with Crippen LogP contribution in [0, 0.1) is 0 Å². The molecule has 0 atom stereocenters. The van der Waals surface area contributed by atoms with Gasteiger partial charge in [-0.25, -0.2) is 0 Å². The van der Waals surface area contributed by atoms with Gasteiger partial charge in [0.15, 0.2) is 0 Å². The fourth-order valence-electron chi connectivity index (χ4n) is 10.6. The monoisotopic (exact) mass is 849 g/mol. The molecule has 312 valence electrons. The zero-order valence-electron chi connectivity index (χ0n) is 36.8. The molecule has 0 N–H and O–H groups in total. The van der Waals surface area contributed by atoms with Crippen LogP contribution in [0.1, 0.15) is 0 Å². The Hall–Kier alpha value is -8.78. The Morgan fingerprint density at radius 1 is 0.209 bits per heavy atom. The molecule has 67 heavy (non-hydrogen) atoms. The molecule has 0 heterocycles. The zero-order chi connectivity index (χ0) is 44.3. The number of fused-ring (bicyclic) bond motifs is 9. The van der Waals surface area contributed by atoms with Crippen LogP contribution in [0.3, 0.4) is 0 Å². The van der Waals surface area contributed by atoms with E-state index in [-0.39, 0.29) is 0 Å². The van der Waals surface area contributed by atoms with Crippen molar-refractivity contribution in [2.75, 3.05) is 4.90 Å². The molecule has 0 aliphatic carbocycles. The summed E-state index contributed by atoms with van der Waals surface area (Å²) in [5.41, 5.74) is 13.1. The molecular formula is C66H43N. The molecule has 1 heteroatoms. The largest absolute Gasteiger partial charge is 0.310 e. The predicted molar refractivity (Wildman–Crippen MR) is 288 cm³/mol. The molecule has 0 fully saturated rings. The third-order valence-corrected chi connectivity index (χ3v) is 13.7. The first-order chi connectivity index (χ1) is 33.2. The molecule has 0 aromatic heterocycles. The number of hydrogen-bond donors (Lipinski definition) is 0. The second-order valence-electron chi connectivity index (χ2n) is 17.6. The fraction of sp³-hybridized carbons (Fsp3) is 0. The second kappa shape index (κ2) is 16.0. The number of anilines is 3. The topological polar surface area (TPSA) is 3.24 Å². The molecule has 0 spiro atoms. The number of nitrogens with zero attached hydrogens (tertiary/aromatic N) is 1. The lowest BCUT2D eigenvalue weighted by atomic mass is 9.81. The van der Waals surface area contributed by atoms with Crippen molar-refractivity contribution < 1.29 is 0 Å². The van der Waals surface area contributed by atoms with Gasteiger partial charge in [0, 0.05) is 17.1 Å². The van der Waals surface area contributed by atoms with Crippen LogP contribution in [0.5, 0.6) is 0 Å². The van der Waals surface area contributed by atoms with Gasteiger partial charge in [-0.1, -0.05) is 206 Å². The summed E-state index contributed by atoms with van der Waals surface area (Å²) in [4.78, 5) is 2.39. The van der Waals surface area contributed by atoms with Gasteiger partial charge in [0.2, 0.25) is 0 Å². The van der Waals surface area contributed by atoms with Gasteiger partial charge in [0.05, 0.1) is 0 Å². The lowest BCUT2D eigenvalue weighted by Crippen LogP contribution is -2.10. The number of rotatable bonds is 7. The molecule has 0 radical (unpaired) electrons. The van der Waals surface area contributed by atoms with Crippen LogP contribution >= 0.6 is 0 Å².